The predicted molar refractivity (Wildman–Crippen MR) is 98.6 cm³/mol. The average molecular weight is 345 g/mol. The van der Waals surface area contributed by atoms with Crippen molar-refractivity contribution in [2.24, 2.45) is 5.92 Å². The van der Waals surface area contributed by atoms with Gasteiger partial charge in [0.2, 0.25) is 5.91 Å². The summed E-state index contributed by atoms with van der Waals surface area (Å²) in [6, 6.07) is 5.70. The Kier molecular flexibility index (Phi) is 4.34. The SMILES string of the molecule is CC(C1CC1)N(C(=O)CN1CCCN(C)c2ccc(F)cc21)C1CC1. The van der Waals surface area contributed by atoms with Gasteiger partial charge in [-0.1, -0.05) is 0 Å². The minimum atomic E-state index is -0.239. The van der Waals surface area contributed by atoms with Crippen LogP contribution in [0.25, 0.3) is 0 Å². The summed E-state index contributed by atoms with van der Waals surface area (Å²) in [6.45, 7) is 4.28. The molecular weight excluding hydrogens is 317 g/mol. The highest BCUT2D eigenvalue weighted by Gasteiger charge is 2.42. The number of rotatable bonds is 5. The van der Waals surface area contributed by atoms with Gasteiger partial charge in [0.15, 0.2) is 0 Å². The molecule has 0 radical (unpaired) electrons. The first-order valence-electron chi connectivity index (χ1n) is 9.61. The second kappa shape index (κ2) is 6.50. The number of hydrogen-bond donors (Lipinski definition) is 0. The van der Waals surface area contributed by atoms with Crippen LogP contribution in [0.3, 0.4) is 0 Å². The zero-order valence-corrected chi connectivity index (χ0v) is 15.2. The van der Waals surface area contributed by atoms with Crippen LogP contribution in [0.15, 0.2) is 18.2 Å². The van der Waals surface area contributed by atoms with Crippen LogP contribution in [-0.2, 0) is 4.79 Å². The number of benzene rings is 1. The van der Waals surface area contributed by atoms with Crippen molar-refractivity contribution >= 4 is 17.3 Å². The third-order valence-electron chi connectivity index (χ3n) is 5.91. The second-order valence-electron chi connectivity index (χ2n) is 7.94. The Bertz CT molecular complexity index is 656. The van der Waals surface area contributed by atoms with E-state index in [9.17, 15) is 9.18 Å². The Balaban J connectivity index is 1.55. The molecule has 0 N–H and O–H groups in total. The van der Waals surface area contributed by atoms with Crippen LogP contribution in [0.1, 0.15) is 39.0 Å². The van der Waals surface area contributed by atoms with Crippen molar-refractivity contribution in [1.29, 1.82) is 0 Å². The molecule has 1 heterocycles. The molecule has 0 saturated heterocycles. The third-order valence-corrected chi connectivity index (χ3v) is 5.91. The molecule has 1 amide bonds. The summed E-state index contributed by atoms with van der Waals surface area (Å²) in [4.78, 5) is 19.5. The maximum absolute atomic E-state index is 13.9. The van der Waals surface area contributed by atoms with Crippen LogP contribution in [0, 0.1) is 11.7 Å². The quantitative estimate of drug-likeness (QED) is 0.819. The van der Waals surface area contributed by atoms with Gasteiger partial charge in [0.1, 0.15) is 5.82 Å². The first-order valence-corrected chi connectivity index (χ1v) is 9.61. The summed E-state index contributed by atoms with van der Waals surface area (Å²) < 4.78 is 13.9. The van der Waals surface area contributed by atoms with E-state index < -0.39 is 0 Å². The molecule has 0 bridgehead atoms. The zero-order chi connectivity index (χ0) is 17.6. The van der Waals surface area contributed by atoms with Gasteiger partial charge in [0.25, 0.3) is 0 Å². The van der Waals surface area contributed by atoms with Gasteiger partial charge in [-0.3, -0.25) is 4.79 Å². The molecule has 1 aromatic carbocycles. The van der Waals surface area contributed by atoms with Crippen LogP contribution in [-0.4, -0.2) is 49.6 Å². The lowest BCUT2D eigenvalue weighted by atomic mass is 10.1. The van der Waals surface area contributed by atoms with Gasteiger partial charge in [0, 0.05) is 32.2 Å². The number of fused-ring (bicyclic) bond motifs is 1. The zero-order valence-electron chi connectivity index (χ0n) is 15.2. The number of halogens is 1. The third kappa shape index (κ3) is 3.46. The first-order chi connectivity index (χ1) is 12.0. The summed E-state index contributed by atoms with van der Waals surface area (Å²) in [6.07, 6.45) is 5.75. The Morgan fingerprint density at radius 1 is 1.24 bits per heavy atom. The molecule has 25 heavy (non-hydrogen) atoms. The van der Waals surface area contributed by atoms with E-state index in [4.69, 9.17) is 0 Å². The molecule has 3 aliphatic rings. The van der Waals surface area contributed by atoms with Crippen LogP contribution >= 0.6 is 0 Å². The molecule has 2 fully saturated rings. The van der Waals surface area contributed by atoms with Gasteiger partial charge in [0.05, 0.1) is 17.9 Å². The number of anilines is 2. The van der Waals surface area contributed by atoms with Gasteiger partial charge in [-0.2, -0.15) is 0 Å². The van der Waals surface area contributed by atoms with E-state index in [1.165, 1.54) is 18.9 Å². The molecular formula is C20H28FN3O. The highest BCUT2D eigenvalue weighted by Crippen LogP contribution is 2.40. The van der Waals surface area contributed by atoms with Crippen molar-refractivity contribution in [3.05, 3.63) is 24.0 Å². The number of carbonyl (C=O) groups is 1. The van der Waals surface area contributed by atoms with Crippen molar-refractivity contribution in [1.82, 2.24) is 4.90 Å². The fourth-order valence-electron chi connectivity index (χ4n) is 4.14. The maximum atomic E-state index is 13.9. The largest absolute Gasteiger partial charge is 0.373 e. The topological polar surface area (TPSA) is 26.8 Å². The molecule has 1 unspecified atom stereocenters. The van der Waals surface area contributed by atoms with Crippen molar-refractivity contribution in [2.45, 2.75) is 51.1 Å². The summed E-state index contributed by atoms with van der Waals surface area (Å²) in [7, 11) is 2.04. The molecule has 4 rings (SSSR count). The van der Waals surface area contributed by atoms with Crippen LogP contribution < -0.4 is 9.80 Å². The van der Waals surface area contributed by atoms with Crippen LogP contribution in [0.2, 0.25) is 0 Å². The van der Waals surface area contributed by atoms with E-state index >= 15 is 0 Å². The van der Waals surface area contributed by atoms with Crippen molar-refractivity contribution in [3.8, 4) is 0 Å². The standard InChI is InChI=1S/C20H28FN3O/c1-14(15-4-5-15)24(17-7-8-17)20(25)13-23-11-3-10-22(2)18-9-6-16(21)12-19(18)23/h6,9,12,14-15,17H,3-5,7-8,10-11,13H2,1-2H3. The van der Waals surface area contributed by atoms with Crippen molar-refractivity contribution in [2.75, 3.05) is 36.5 Å². The number of amides is 1. The van der Waals surface area contributed by atoms with Gasteiger partial charge in [-0.25, -0.2) is 4.39 Å². The highest BCUT2D eigenvalue weighted by molar-refractivity contribution is 5.84. The van der Waals surface area contributed by atoms with Gasteiger partial charge in [-0.15, -0.1) is 0 Å². The Labute approximate surface area is 149 Å². The van der Waals surface area contributed by atoms with Crippen LogP contribution in [0.5, 0.6) is 0 Å². The highest BCUT2D eigenvalue weighted by atomic mass is 19.1. The lowest BCUT2D eigenvalue weighted by Gasteiger charge is -2.33. The smallest absolute Gasteiger partial charge is 0.242 e. The first kappa shape index (κ1) is 16.7. The van der Waals surface area contributed by atoms with E-state index in [1.54, 1.807) is 6.07 Å². The van der Waals surface area contributed by atoms with E-state index in [-0.39, 0.29) is 11.7 Å². The minimum absolute atomic E-state index is 0.210. The molecule has 0 spiro atoms. The maximum Gasteiger partial charge on any atom is 0.242 e. The molecule has 1 aliphatic heterocycles. The summed E-state index contributed by atoms with van der Waals surface area (Å²) in [5.74, 6) is 0.656. The van der Waals surface area contributed by atoms with Crippen LogP contribution in [0.4, 0.5) is 15.8 Å². The van der Waals surface area contributed by atoms with Gasteiger partial charge < -0.3 is 14.7 Å². The van der Waals surface area contributed by atoms with Crippen molar-refractivity contribution < 1.29 is 9.18 Å². The molecule has 136 valence electrons. The summed E-state index contributed by atoms with van der Waals surface area (Å²) in [5, 5.41) is 0. The monoisotopic (exact) mass is 345 g/mol. The molecule has 4 nitrogen and oxygen atoms in total. The van der Waals surface area contributed by atoms with E-state index in [0.29, 0.717) is 24.5 Å². The van der Waals surface area contributed by atoms with Gasteiger partial charge in [-0.05, 0) is 63.1 Å². The lowest BCUT2D eigenvalue weighted by molar-refractivity contribution is -0.132. The lowest BCUT2D eigenvalue weighted by Crippen LogP contribution is -2.47. The number of carbonyl (C=O) groups excluding carboxylic acids is 1. The molecule has 2 saturated carbocycles. The minimum Gasteiger partial charge on any atom is -0.373 e. The number of nitrogens with zero attached hydrogens (tertiary/aromatic N) is 3. The Morgan fingerprint density at radius 3 is 2.68 bits per heavy atom. The molecule has 1 atom stereocenters. The predicted octanol–water partition coefficient (Wildman–Crippen LogP) is 3.26. The van der Waals surface area contributed by atoms with E-state index in [0.717, 1.165) is 43.7 Å². The molecule has 0 aromatic heterocycles. The number of hydrogen-bond acceptors (Lipinski definition) is 3. The van der Waals surface area contributed by atoms with E-state index in [1.807, 2.05) is 13.1 Å². The Morgan fingerprint density at radius 2 is 2.00 bits per heavy atom. The van der Waals surface area contributed by atoms with E-state index in [2.05, 4.69) is 21.6 Å². The normalized spacial score (nSPS) is 21.6. The van der Waals surface area contributed by atoms with Crippen molar-refractivity contribution in [3.63, 3.8) is 0 Å². The average Bonchev–Trinajstić information content (AvgIpc) is 3.45. The Hall–Kier alpha value is -1.78. The summed E-state index contributed by atoms with van der Waals surface area (Å²) in [5.41, 5.74) is 1.86. The fraction of sp³-hybridized carbons (Fsp3) is 0.650. The molecule has 2 aliphatic carbocycles. The molecule has 5 heteroatoms. The molecule has 1 aromatic rings. The fourth-order valence-corrected chi connectivity index (χ4v) is 4.14. The second-order valence-corrected chi connectivity index (χ2v) is 7.94. The summed E-state index contributed by atoms with van der Waals surface area (Å²) >= 11 is 0. The van der Waals surface area contributed by atoms with Gasteiger partial charge >= 0.3 is 0 Å².